The first-order valence-corrected chi connectivity index (χ1v) is 5.96. The molecule has 1 aromatic carbocycles. The lowest BCUT2D eigenvalue weighted by Crippen LogP contribution is -2.21. The van der Waals surface area contributed by atoms with Gasteiger partial charge in [-0.3, -0.25) is 4.79 Å². The second-order valence-electron chi connectivity index (χ2n) is 4.39. The van der Waals surface area contributed by atoms with Crippen LogP contribution in [0.1, 0.15) is 23.7 Å². The molecule has 1 aromatic heterocycles. The number of aromatic nitrogens is 1. The lowest BCUT2D eigenvalue weighted by molar-refractivity contribution is 0.718. The molecule has 0 spiro atoms. The average Bonchev–Trinajstić information content (AvgIpc) is 2.30. The molecule has 2 aromatic rings. The predicted octanol–water partition coefficient (Wildman–Crippen LogP) is 2.25. The zero-order chi connectivity index (χ0) is 12.4. The van der Waals surface area contributed by atoms with Crippen LogP contribution in [0.3, 0.4) is 0 Å². The smallest absolute Gasteiger partial charge is 0.194 e. The second-order valence-corrected chi connectivity index (χ2v) is 4.39. The van der Waals surface area contributed by atoms with Gasteiger partial charge in [0.25, 0.3) is 0 Å². The van der Waals surface area contributed by atoms with E-state index in [2.05, 4.69) is 10.3 Å². The molecule has 0 aliphatic rings. The second kappa shape index (κ2) is 4.72. The quantitative estimate of drug-likeness (QED) is 0.849. The van der Waals surface area contributed by atoms with E-state index in [0.29, 0.717) is 6.54 Å². The highest BCUT2D eigenvalue weighted by Crippen LogP contribution is 2.13. The van der Waals surface area contributed by atoms with Crippen molar-refractivity contribution in [2.24, 2.45) is 0 Å². The molecule has 0 fully saturated rings. The third kappa shape index (κ3) is 2.24. The van der Waals surface area contributed by atoms with Crippen molar-refractivity contribution in [2.45, 2.75) is 27.3 Å². The van der Waals surface area contributed by atoms with E-state index < -0.39 is 0 Å². The van der Waals surface area contributed by atoms with Crippen LogP contribution in [0.4, 0.5) is 0 Å². The van der Waals surface area contributed by atoms with Gasteiger partial charge in [0.2, 0.25) is 0 Å². The first-order valence-electron chi connectivity index (χ1n) is 5.96. The summed E-state index contributed by atoms with van der Waals surface area (Å²) in [5.41, 5.74) is 3.96. The molecule has 3 heteroatoms. The molecule has 0 saturated carbocycles. The van der Waals surface area contributed by atoms with Crippen molar-refractivity contribution < 1.29 is 0 Å². The number of H-pyrrole nitrogens is 1. The molecule has 0 aliphatic heterocycles. The SMILES string of the molecule is CCNCc1c(C)[nH]c2ccc(C)cc2c1=O. The first kappa shape index (κ1) is 11.9. The van der Waals surface area contributed by atoms with Gasteiger partial charge in [0.15, 0.2) is 5.43 Å². The lowest BCUT2D eigenvalue weighted by atomic mass is 10.1. The molecule has 17 heavy (non-hydrogen) atoms. The maximum atomic E-state index is 12.3. The molecule has 0 unspecified atom stereocenters. The van der Waals surface area contributed by atoms with E-state index in [-0.39, 0.29) is 5.43 Å². The summed E-state index contributed by atoms with van der Waals surface area (Å²) < 4.78 is 0. The average molecular weight is 230 g/mol. The maximum Gasteiger partial charge on any atom is 0.194 e. The minimum absolute atomic E-state index is 0.140. The summed E-state index contributed by atoms with van der Waals surface area (Å²) in [6, 6.07) is 5.93. The zero-order valence-electron chi connectivity index (χ0n) is 10.6. The summed E-state index contributed by atoms with van der Waals surface area (Å²) in [4.78, 5) is 15.6. The number of aromatic amines is 1. The van der Waals surface area contributed by atoms with Crippen LogP contribution in [0, 0.1) is 13.8 Å². The Hall–Kier alpha value is -1.61. The molecule has 0 atom stereocenters. The van der Waals surface area contributed by atoms with Gasteiger partial charge in [-0.05, 0) is 32.5 Å². The van der Waals surface area contributed by atoms with E-state index in [9.17, 15) is 4.79 Å². The number of nitrogens with one attached hydrogen (secondary N) is 2. The Morgan fingerprint density at radius 3 is 2.76 bits per heavy atom. The van der Waals surface area contributed by atoms with Crippen LogP contribution in [0.5, 0.6) is 0 Å². The summed E-state index contributed by atoms with van der Waals surface area (Å²) in [6.07, 6.45) is 0. The molecule has 0 radical (unpaired) electrons. The molecule has 0 saturated heterocycles. The van der Waals surface area contributed by atoms with Crippen LogP contribution < -0.4 is 10.7 Å². The molecule has 1 heterocycles. The number of benzene rings is 1. The molecule has 0 bridgehead atoms. The van der Waals surface area contributed by atoms with Crippen molar-refractivity contribution in [3.63, 3.8) is 0 Å². The van der Waals surface area contributed by atoms with Crippen LogP contribution in [-0.2, 0) is 6.54 Å². The fraction of sp³-hybridized carbons (Fsp3) is 0.357. The summed E-state index contributed by atoms with van der Waals surface area (Å²) in [5.74, 6) is 0. The van der Waals surface area contributed by atoms with Crippen molar-refractivity contribution >= 4 is 10.9 Å². The lowest BCUT2D eigenvalue weighted by Gasteiger charge is -2.08. The molecule has 2 rings (SSSR count). The molecule has 2 N–H and O–H groups in total. The predicted molar refractivity (Wildman–Crippen MR) is 71.4 cm³/mol. The van der Waals surface area contributed by atoms with Gasteiger partial charge in [-0.2, -0.15) is 0 Å². The molecule has 0 amide bonds. The Balaban J connectivity index is 2.65. The van der Waals surface area contributed by atoms with Gasteiger partial charge in [-0.25, -0.2) is 0 Å². The third-order valence-electron chi connectivity index (χ3n) is 3.02. The van der Waals surface area contributed by atoms with Crippen LogP contribution in [-0.4, -0.2) is 11.5 Å². The fourth-order valence-electron chi connectivity index (χ4n) is 2.03. The third-order valence-corrected chi connectivity index (χ3v) is 3.02. The van der Waals surface area contributed by atoms with E-state index >= 15 is 0 Å². The van der Waals surface area contributed by atoms with E-state index in [0.717, 1.165) is 34.3 Å². The Morgan fingerprint density at radius 1 is 1.29 bits per heavy atom. The number of hydrogen-bond acceptors (Lipinski definition) is 2. The van der Waals surface area contributed by atoms with Gasteiger partial charge >= 0.3 is 0 Å². The van der Waals surface area contributed by atoms with Gasteiger partial charge in [0.1, 0.15) is 0 Å². The normalized spacial score (nSPS) is 11.0. The van der Waals surface area contributed by atoms with Crippen molar-refractivity contribution in [1.29, 1.82) is 0 Å². The summed E-state index contributed by atoms with van der Waals surface area (Å²) in [5, 5.41) is 3.99. The molecular weight excluding hydrogens is 212 g/mol. The highest BCUT2D eigenvalue weighted by molar-refractivity contribution is 5.80. The molecule has 3 nitrogen and oxygen atoms in total. The van der Waals surface area contributed by atoms with Gasteiger partial charge in [0.05, 0.1) is 0 Å². The van der Waals surface area contributed by atoms with E-state index in [1.165, 1.54) is 0 Å². The number of pyridine rings is 1. The molecule has 0 aliphatic carbocycles. The van der Waals surface area contributed by atoms with E-state index in [1.807, 2.05) is 39.0 Å². The first-order chi connectivity index (χ1) is 8.13. The van der Waals surface area contributed by atoms with Crippen LogP contribution in [0.25, 0.3) is 10.9 Å². The minimum Gasteiger partial charge on any atom is -0.358 e. The van der Waals surface area contributed by atoms with E-state index in [4.69, 9.17) is 0 Å². The topological polar surface area (TPSA) is 44.9 Å². The summed E-state index contributed by atoms with van der Waals surface area (Å²) >= 11 is 0. The molecular formula is C14H18N2O. The largest absolute Gasteiger partial charge is 0.358 e. The van der Waals surface area contributed by atoms with Gasteiger partial charge in [-0.1, -0.05) is 18.6 Å². The summed E-state index contributed by atoms with van der Waals surface area (Å²) in [7, 11) is 0. The standard InChI is InChI=1S/C14H18N2O/c1-4-15-8-12-10(3)16-13-6-5-9(2)7-11(13)14(12)17/h5-7,15H,4,8H2,1-3H3,(H,16,17). The van der Waals surface area contributed by atoms with Crippen molar-refractivity contribution in [3.8, 4) is 0 Å². The molecule has 90 valence electrons. The fourth-order valence-corrected chi connectivity index (χ4v) is 2.03. The minimum atomic E-state index is 0.140. The summed E-state index contributed by atoms with van der Waals surface area (Å²) in [6.45, 7) is 7.48. The van der Waals surface area contributed by atoms with Gasteiger partial charge in [-0.15, -0.1) is 0 Å². The number of fused-ring (bicyclic) bond motifs is 1. The number of rotatable bonds is 3. The Labute approximate surface area is 101 Å². The number of hydrogen-bond donors (Lipinski definition) is 2. The maximum absolute atomic E-state index is 12.3. The van der Waals surface area contributed by atoms with Gasteiger partial charge in [0, 0.05) is 28.7 Å². The van der Waals surface area contributed by atoms with Crippen molar-refractivity contribution in [2.75, 3.05) is 6.54 Å². The Morgan fingerprint density at radius 2 is 2.06 bits per heavy atom. The van der Waals surface area contributed by atoms with E-state index in [1.54, 1.807) is 0 Å². The Bertz CT molecular complexity index is 599. The Kier molecular flexibility index (Phi) is 3.29. The highest BCUT2D eigenvalue weighted by atomic mass is 16.1. The van der Waals surface area contributed by atoms with Crippen LogP contribution in [0.2, 0.25) is 0 Å². The van der Waals surface area contributed by atoms with Crippen LogP contribution in [0.15, 0.2) is 23.0 Å². The van der Waals surface area contributed by atoms with Crippen LogP contribution >= 0.6 is 0 Å². The van der Waals surface area contributed by atoms with Crippen molar-refractivity contribution in [3.05, 3.63) is 45.2 Å². The monoisotopic (exact) mass is 230 g/mol. The number of aryl methyl sites for hydroxylation is 2. The highest BCUT2D eigenvalue weighted by Gasteiger charge is 2.08. The zero-order valence-corrected chi connectivity index (χ0v) is 10.6. The van der Waals surface area contributed by atoms with Crippen molar-refractivity contribution in [1.82, 2.24) is 10.3 Å². The van der Waals surface area contributed by atoms with Gasteiger partial charge < -0.3 is 10.3 Å².